The van der Waals surface area contributed by atoms with Crippen molar-refractivity contribution >= 4 is 97.0 Å². The maximum atomic E-state index is 14.4. The molecule has 6 aromatic heterocycles. The van der Waals surface area contributed by atoms with Gasteiger partial charge in [0.1, 0.15) is 77.4 Å². The summed E-state index contributed by atoms with van der Waals surface area (Å²) in [6.45, 7) is 12.1. The van der Waals surface area contributed by atoms with Crippen LogP contribution in [0.2, 0.25) is 15.1 Å². The number of piperazine rings is 2. The number of benzene rings is 6. The highest BCUT2D eigenvalue weighted by atomic mass is 35.5. The SMILES string of the molecule is Cc1cc(-c2ncnn2C)c2cccc(OCc3c(Cl)cc(F)cc3[C@H](C)N3C[C@@H](O)CC3=O)c2n1.Cc1cc(-n2cc(F)cn2)c2cccc(OCc3c(Cl)cc(F)cc3[C@H](C)N3CCN(C)C(=O)C3=O)c2n1.Cc1cc(-n2cc(F)cn2)c2cccc(OCc3c(Cl)cc(F)cc3[C@H](C)N3CCNC(=O)C3=O)c2n1. The monoisotopic (exact) mass is 1570 g/mol. The molecule has 3 fully saturated rings. The van der Waals surface area contributed by atoms with E-state index in [9.17, 15) is 51.0 Å². The van der Waals surface area contributed by atoms with E-state index in [1.54, 1.807) is 68.9 Å². The van der Waals surface area contributed by atoms with E-state index in [1.165, 1.54) is 84.1 Å². The standard InChI is InChI=1S/C27H24ClF2N5O3.C26H22ClF2N5O3.C26H25ClFN5O3/c1-15-9-23(35-13-18(30)12-31-35)19-5-4-6-24(25(19)32-15)38-14-21-20(10-17(29)11-22(21)28)16(2)34-8-7-33(3)26(36)27(34)37;1-14-8-22(34-12-17(29)11-31-34)18-4-3-5-23(24(18)32-14)37-13-20-19(9-16(28)10-21(20)27)15(2)33-7-6-30-25(35)26(33)36;1-14-7-20(26-29-13-30-32(26)3)18-5-4-6-23(25(18)31-14)36-12-21-19(8-16(28)9-22(21)27)15(2)33-11-17(34)10-24(33)35/h4-6,9-13,16H,7-8,14H2,1-3H3;3-5,8-12,15H,6-7,13H2,1-2H3,(H,30,35);4-9,13,15,17,34H,10-12H2,1-3H3/t16-;15-;15-,17-/m000/s1. The fourth-order valence-electron chi connectivity index (χ4n) is 13.9. The number of ether oxygens (including phenoxy) is 3. The van der Waals surface area contributed by atoms with Crippen molar-refractivity contribution in [1.82, 2.24) is 74.2 Å². The maximum absolute atomic E-state index is 14.4. The summed E-state index contributed by atoms with van der Waals surface area (Å²) in [7, 11) is 3.39. The second-order valence-corrected chi connectivity index (χ2v) is 28.1. The predicted octanol–water partition coefficient (Wildman–Crippen LogP) is 13.2. The van der Waals surface area contributed by atoms with Gasteiger partial charge in [-0.3, -0.25) is 24.0 Å². The van der Waals surface area contributed by atoms with Crippen LogP contribution in [0.15, 0.2) is 140 Å². The number of hydrogen-bond donors (Lipinski definition) is 2. The minimum absolute atomic E-state index is 0.0391. The van der Waals surface area contributed by atoms with Crippen molar-refractivity contribution in [2.75, 3.05) is 39.8 Å². The lowest BCUT2D eigenvalue weighted by Gasteiger charge is -2.36. The van der Waals surface area contributed by atoms with Crippen LogP contribution < -0.4 is 19.5 Å². The van der Waals surface area contributed by atoms with Crippen LogP contribution in [0.25, 0.3) is 55.5 Å². The van der Waals surface area contributed by atoms with Crippen molar-refractivity contribution in [3.05, 3.63) is 235 Å². The van der Waals surface area contributed by atoms with Crippen molar-refractivity contribution in [2.45, 2.75) is 92.0 Å². The molecule has 0 unspecified atom stereocenters. The summed E-state index contributed by atoms with van der Waals surface area (Å²) in [6, 6.07) is 27.7. The van der Waals surface area contributed by atoms with E-state index in [0.29, 0.717) is 126 Å². The molecule has 111 heavy (non-hydrogen) atoms. The van der Waals surface area contributed by atoms with E-state index in [-0.39, 0.29) is 60.3 Å². The minimum Gasteiger partial charge on any atom is -0.487 e. The zero-order chi connectivity index (χ0) is 79.0. The number of hydrogen-bond acceptors (Lipinski definition) is 16. The van der Waals surface area contributed by atoms with Gasteiger partial charge in [-0.25, -0.2) is 55.9 Å². The van der Waals surface area contributed by atoms with Gasteiger partial charge in [-0.05, 0) is 131 Å². The number of aliphatic hydroxyl groups excluding tert-OH is 1. The van der Waals surface area contributed by atoms with Gasteiger partial charge < -0.3 is 44.2 Å². The first kappa shape index (κ1) is 77.5. The van der Waals surface area contributed by atoms with Crippen LogP contribution in [0, 0.1) is 49.9 Å². The number of para-hydroxylation sites is 3. The molecule has 3 aliphatic rings. The van der Waals surface area contributed by atoms with Crippen molar-refractivity contribution < 1.29 is 65.2 Å². The Kier molecular flexibility index (Phi) is 22.7. The number of carbonyl (C=O) groups is 5. The molecule has 24 nitrogen and oxygen atoms in total. The van der Waals surface area contributed by atoms with Gasteiger partial charge in [0.2, 0.25) is 5.91 Å². The van der Waals surface area contributed by atoms with Crippen molar-refractivity contribution in [1.29, 1.82) is 0 Å². The van der Waals surface area contributed by atoms with Crippen molar-refractivity contribution in [3.8, 4) is 40.0 Å². The molecule has 6 aromatic carbocycles. The third kappa shape index (κ3) is 16.3. The molecule has 3 saturated heterocycles. The van der Waals surface area contributed by atoms with E-state index in [0.717, 1.165) is 29.0 Å². The predicted molar refractivity (Wildman–Crippen MR) is 402 cm³/mol. The van der Waals surface area contributed by atoms with Crippen LogP contribution in [-0.2, 0) is 50.8 Å². The third-order valence-electron chi connectivity index (χ3n) is 19.4. The van der Waals surface area contributed by atoms with Crippen LogP contribution in [0.5, 0.6) is 17.2 Å². The highest BCUT2D eigenvalue weighted by Gasteiger charge is 2.37. The Morgan fingerprint density at radius 3 is 1.38 bits per heavy atom. The highest BCUT2D eigenvalue weighted by Crippen LogP contribution is 2.40. The molecule has 32 heteroatoms. The number of rotatable bonds is 18. The normalized spacial score (nSPS) is 15.4. The molecule has 0 spiro atoms. The number of nitrogens with one attached hydrogen (secondary N) is 1. The summed E-state index contributed by atoms with van der Waals surface area (Å²) < 4.78 is 93.6. The molecule has 3 aliphatic heterocycles. The average Bonchev–Trinajstić information content (AvgIpc) is 1.74. The lowest BCUT2D eigenvalue weighted by molar-refractivity contribution is -0.156. The Balaban J connectivity index is 0.000000146. The molecule has 9 heterocycles. The number of halogens is 8. The fraction of sp³-hybridized carbons (Fsp3) is 0.266. The number of fused-ring (bicyclic) bond motifs is 3. The molecule has 15 rings (SSSR count). The van der Waals surface area contributed by atoms with E-state index in [1.807, 2.05) is 64.2 Å². The number of aliphatic hydroxyl groups is 1. The lowest BCUT2D eigenvalue weighted by Crippen LogP contribution is -2.53. The quantitative estimate of drug-likeness (QED) is 0.0597. The molecular formula is C79H71Cl3F5N15O9. The zero-order valence-corrected chi connectivity index (χ0v) is 63.2. The Morgan fingerprint density at radius 1 is 0.523 bits per heavy atom. The summed E-state index contributed by atoms with van der Waals surface area (Å²) >= 11 is 19.4. The number of likely N-dealkylation sites (tertiary alicyclic amines) is 1. The summed E-state index contributed by atoms with van der Waals surface area (Å²) in [5, 5.41) is 27.4. The fourth-order valence-corrected chi connectivity index (χ4v) is 14.7. The summed E-state index contributed by atoms with van der Waals surface area (Å²) in [5.41, 5.74) is 8.94. The van der Waals surface area contributed by atoms with E-state index >= 15 is 0 Å². The first-order valence-corrected chi connectivity index (χ1v) is 36.1. The number of aryl methyl sites for hydroxylation is 4. The number of pyridine rings is 3. The van der Waals surface area contributed by atoms with Crippen LogP contribution >= 0.6 is 34.8 Å². The number of carbonyl (C=O) groups excluding carboxylic acids is 5. The van der Waals surface area contributed by atoms with E-state index in [4.69, 9.17) is 54.0 Å². The maximum Gasteiger partial charge on any atom is 0.312 e. The van der Waals surface area contributed by atoms with Crippen molar-refractivity contribution in [2.24, 2.45) is 7.05 Å². The van der Waals surface area contributed by atoms with Gasteiger partial charge in [0.25, 0.3) is 0 Å². The summed E-state index contributed by atoms with van der Waals surface area (Å²) in [5.74, 6) is -3.32. The molecule has 0 aliphatic carbocycles. The average molecular weight is 1580 g/mol. The molecule has 0 saturated carbocycles. The molecule has 572 valence electrons. The summed E-state index contributed by atoms with van der Waals surface area (Å²) in [4.78, 5) is 85.7. The minimum atomic E-state index is -0.739. The third-order valence-corrected chi connectivity index (χ3v) is 20.5. The Morgan fingerprint density at radius 2 is 0.955 bits per heavy atom. The lowest BCUT2D eigenvalue weighted by atomic mass is 9.99. The Labute approximate surface area is 646 Å². The van der Waals surface area contributed by atoms with Crippen LogP contribution in [0.3, 0.4) is 0 Å². The Bertz CT molecular complexity index is 5670. The summed E-state index contributed by atoms with van der Waals surface area (Å²) in [6.07, 6.45) is 5.61. The van der Waals surface area contributed by atoms with Gasteiger partial charge in [0, 0.05) is 102 Å². The smallest absolute Gasteiger partial charge is 0.312 e. The molecule has 12 aromatic rings. The number of β-amino-alcohol motifs (C(OH)–C–C–N with tert-alkyl or cyclic N) is 1. The molecule has 0 radical (unpaired) electrons. The number of likely N-dealkylation sites (N-methyl/N-ethyl adjacent to an activating group) is 1. The van der Waals surface area contributed by atoms with E-state index in [2.05, 4.69) is 35.6 Å². The zero-order valence-electron chi connectivity index (χ0n) is 61.0. The first-order valence-electron chi connectivity index (χ1n) is 35.0. The number of nitrogens with zero attached hydrogens (tertiary/aromatic N) is 14. The van der Waals surface area contributed by atoms with Crippen molar-refractivity contribution in [3.63, 3.8) is 0 Å². The van der Waals surface area contributed by atoms with Crippen LogP contribution in [0.1, 0.15) is 95.8 Å². The Hall–Kier alpha value is -11.7. The second-order valence-electron chi connectivity index (χ2n) is 26.9. The van der Waals surface area contributed by atoms with Gasteiger partial charge in [0.15, 0.2) is 17.5 Å². The largest absolute Gasteiger partial charge is 0.487 e. The number of amides is 5. The van der Waals surface area contributed by atoms with Gasteiger partial charge >= 0.3 is 23.6 Å². The number of aromatic nitrogens is 10. The van der Waals surface area contributed by atoms with Crippen LogP contribution in [0.4, 0.5) is 22.0 Å². The van der Waals surface area contributed by atoms with Gasteiger partial charge in [-0.15, -0.1) is 0 Å². The first-order chi connectivity index (χ1) is 53.1. The molecular weight excluding hydrogens is 1500 g/mol. The molecule has 2 N–H and O–H groups in total. The van der Waals surface area contributed by atoms with Gasteiger partial charge in [0.05, 0.1) is 81.9 Å². The molecule has 0 bridgehead atoms. The van der Waals surface area contributed by atoms with Gasteiger partial charge in [-0.1, -0.05) is 71.2 Å². The molecule has 5 amide bonds. The topological polar surface area (TPSA) is 263 Å². The van der Waals surface area contributed by atoms with Gasteiger partial charge in [-0.2, -0.15) is 15.3 Å². The highest BCUT2D eigenvalue weighted by molar-refractivity contribution is 6.36. The van der Waals surface area contributed by atoms with E-state index < -0.39 is 76.9 Å². The second kappa shape index (κ2) is 32.5. The molecule has 4 atom stereocenters. The van der Waals surface area contributed by atoms with Crippen LogP contribution in [-0.4, -0.2) is 149 Å².